The SMILES string of the molecule is CCC(OCOc1c(C(C)(C)C)cc(SC(C)(C)Sc2cc(C(C)(C)C)c(O)c(C(C)(C)C)c2)cc1C(C)(C)C)O[N+](=O)[O-]. The fraction of sp³-hybridized carbons (Fsp3) is 0.657. The Bertz CT molecular complexity index is 1240. The molecule has 248 valence electrons. The van der Waals surface area contributed by atoms with Gasteiger partial charge in [0.1, 0.15) is 11.5 Å². The lowest BCUT2D eigenvalue weighted by Crippen LogP contribution is -2.24. The third kappa shape index (κ3) is 10.5. The van der Waals surface area contributed by atoms with Crippen LogP contribution in [0.25, 0.3) is 0 Å². The molecule has 0 aliphatic carbocycles. The minimum Gasteiger partial charge on any atom is -0.507 e. The summed E-state index contributed by atoms with van der Waals surface area (Å²) >= 11 is 3.60. The third-order valence-corrected chi connectivity index (χ3v) is 9.53. The molecule has 1 atom stereocenters. The van der Waals surface area contributed by atoms with Crippen molar-refractivity contribution in [2.45, 2.75) is 152 Å². The van der Waals surface area contributed by atoms with Crippen LogP contribution in [0.15, 0.2) is 34.1 Å². The molecule has 2 aromatic rings. The van der Waals surface area contributed by atoms with E-state index in [1.807, 2.05) is 0 Å². The van der Waals surface area contributed by atoms with Crippen molar-refractivity contribution in [3.05, 3.63) is 56.6 Å². The molecule has 1 N–H and O–H groups in total. The summed E-state index contributed by atoms with van der Waals surface area (Å²) in [6.07, 6.45) is -0.674. The number of benzene rings is 2. The normalized spacial score (nSPS) is 14.0. The molecule has 1 unspecified atom stereocenters. The second-order valence-corrected chi connectivity index (χ2v) is 19.6. The van der Waals surface area contributed by atoms with Gasteiger partial charge in [-0.2, -0.15) is 0 Å². The van der Waals surface area contributed by atoms with Crippen molar-refractivity contribution in [2.75, 3.05) is 6.79 Å². The molecule has 0 saturated heterocycles. The zero-order valence-electron chi connectivity index (χ0n) is 29.6. The number of aromatic hydroxyl groups is 1. The summed E-state index contributed by atoms with van der Waals surface area (Å²) in [6.45, 7) is 31.8. The molecule has 0 heterocycles. The second kappa shape index (κ2) is 13.7. The summed E-state index contributed by atoms with van der Waals surface area (Å²) in [4.78, 5) is 17.7. The van der Waals surface area contributed by atoms with Crippen molar-refractivity contribution in [3.63, 3.8) is 0 Å². The molecule has 0 aliphatic heterocycles. The Labute approximate surface area is 274 Å². The van der Waals surface area contributed by atoms with Crippen molar-refractivity contribution < 1.29 is 24.5 Å². The molecule has 0 amide bonds. The fourth-order valence-corrected chi connectivity index (χ4v) is 7.40. The molecule has 44 heavy (non-hydrogen) atoms. The number of phenolic OH excluding ortho intramolecular Hbond substituents is 1. The molecule has 2 rings (SSSR count). The van der Waals surface area contributed by atoms with Gasteiger partial charge in [-0.3, -0.25) is 4.84 Å². The van der Waals surface area contributed by atoms with Gasteiger partial charge in [0.05, 0.1) is 4.08 Å². The smallest absolute Gasteiger partial charge is 0.297 e. The summed E-state index contributed by atoms with van der Waals surface area (Å²) in [6, 6.07) is 8.67. The first-order chi connectivity index (χ1) is 19.8. The molecule has 0 saturated carbocycles. The Hall–Kier alpha value is -2.10. The molecule has 9 heteroatoms. The van der Waals surface area contributed by atoms with Gasteiger partial charge in [-0.1, -0.05) is 90.0 Å². The van der Waals surface area contributed by atoms with Crippen LogP contribution in [0, 0.1) is 10.1 Å². The Morgan fingerprint density at radius 2 is 1.09 bits per heavy atom. The van der Waals surface area contributed by atoms with E-state index >= 15 is 0 Å². The first-order valence-electron chi connectivity index (χ1n) is 15.3. The predicted molar refractivity (Wildman–Crippen MR) is 184 cm³/mol. The zero-order chi connectivity index (χ0) is 34.1. The van der Waals surface area contributed by atoms with Crippen LogP contribution in [0.1, 0.15) is 133 Å². The first kappa shape index (κ1) is 38.1. The maximum absolute atomic E-state index is 11.2. The average Bonchev–Trinajstić information content (AvgIpc) is 2.81. The number of hydrogen-bond acceptors (Lipinski definition) is 8. The standard InChI is InChI=1S/C35H55NO6S2/c1-16-28(42-36(38)39)40-21-41-30-26(33(8,9)10)19-23(20-27(30)34(11,12)13)44-35(14,15)43-22-17-24(31(2,3)4)29(37)25(18-22)32(5,6)7/h17-20,28,37H,16,21H2,1-15H3. The van der Waals surface area contributed by atoms with Crippen LogP contribution in [-0.4, -0.2) is 27.4 Å². The minimum atomic E-state index is -0.994. The van der Waals surface area contributed by atoms with Crippen molar-refractivity contribution in [1.29, 1.82) is 0 Å². The van der Waals surface area contributed by atoms with Gasteiger partial charge >= 0.3 is 0 Å². The maximum Gasteiger partial charge on any atom is 0.297 e. The summed E-state index contributed by atoms with van der Waals surface area (Å²) < 4.78 is 11.6. The van der Waals surface area contributed by atoms with Gasteiger partial charge in [0.25, 0.3) is 5.09 Å². The second-order valence-electron chi connectivity index (χ2n) is 15.9. The molecule has 0 spiro atoms. The lowest BCUT2D eigenvalue weighted by Gasteiger charge is -2.32. The molecular weight excluding hydrogens is 595 g/mol. The number of ether oxygens (including phenoxy) is 2. The van der Waals surface area contributed by atoms with Gasteiger partial charge in [0.15, 0.2) is 6.79 Å². The van der Waals surface area contributed by atoms with Gasteiger partial charge in [0.2, 0.25) is 6.29 Å². The molecule has 0 aliphatic rings. The summed E-state index contributed by atoms with van der Waals surface area (Å²) in [5.74, 6) is 1.12. The van der Waals surface area contributed by atoms with E-state index in [1.54, 1.807) is 30.4 Å². The monoisotopic (exact) mass is 649 g/mol. The number of rotatable bonds is 11. The van der Waals surface area contributed by atoms with Crippen molar-refractivity contribution in [1.82, 2.24) is 0 Å². The maximum atomic E-state index is 11.2. The lowest BCUT2D eigenvalue weighted by molar-refractivity contribution is -0.781. The Morgan fingerprint density at radius 3 is 1.41 bits per heavy atom. The molecular formula is C35H55NO6S2. The lowest BCUT2D eigenvalue weighted by atomic mass is 9.79. The zero-order valence-corrected chi connectivity index (χ0v) is 31.2. The van der Waals surface area contributed by atoms with Gasteiger partial charge in [-0.05, 0) is 66.2 Å². The van der Waals surface area contributed by atoms with E-state index in [0.29, 0.717) is 12.2 Å². The van der Waals surface area contributed by atoms with Crippen LogP contribution in [0.2, 0.25) is 0 Å². The van der Waals surface area contributed by atoms with Crippen LogP contribution in [0.5, 0.6) is 11.5 Å². The van der Waals surface area contributed by atoms with E-state index < -0.39 is 11.4 Å². The highest BCUT2D eigenvalue weighted by Gasteiger charge is 2.32. The van der Waals surface area contributed by atoms with E-state index in [-0.39, 0.29) is 32.5 Å². The Balaban J connectivity index is 2.55. The van der Waals surface area contributed by atoms with Gasteiger partial charge in [-0.25, -0.2) is 0 Å². The number of phenols is 1. The number of thioether (sulfide) groups is 2. The fourth-order valence-electron chi connectivity index (χ4n) is 4.82. The van der Waals surface area contributed by atoms with Gasteiger partial charge in [-0.15, -0.1) is 33.6 Å². The van der Waals surface area contributed by atoms with Crippen molar-refractivity contribution in [2.24, 2.45) is 0 Å². The van der Waals surface area contributed by atoms with Gasteiger partial charge in [0, 0.05) is 32.0 Å². The Kier molecular flexibility index (Phi) is 11.9. The predicted octanol–water partition coefficient (Wildman–Crippen LogP) is 10.5. The van der Waals surface area contributed by atoms with Crippen LogP contribution in [0.3, 0.4) is 0 Å². The number of hydrogen-bond donors (Lipinski definition) is 1. The molecule has 0 radical (unpaired) electrons. The van der Waals surface area contributed by atoms with Crippen LogP contribution in [-0.2, 0) is 31.2 Å². The third-order valence-electron chi connectivity index (χ3n) is 7.10. The summed E-state index contributed by atoms with van der Waals surface area (Å²) in [5, 5.41) is 21.2. The highest BCUT2D eigenvalue weighted by atomic mass is 32.2. The van der Waals surface area contributed by atoms with E-state index in [4.69, 9.17) is 9.47 Å². The molecule has 0 bridgehead atoms. The van der Waals surface area contributed by atoms with E-state index in [1.165, 1.54) is 0 Å². The van der Waals surface area contributed by atoms with Crippen LogP contribution < -0.4 is 4.74 Å². The van der Waals surface area contributed by atoms with Crippen molar-refractivity contribution >= 4 is 23.5 Å². The quantitative estimate of drug-likeness (QED) is 0.111. The summed E-state index contributed by atoms with van der Waals surface area (Å²) in [7, 11) is 0. The Morgan fingerprint density at radius 1 is 0.727 bits per heavy atom. The van der Waals surface area contributed by atoms with Crippen molar-refractivity contribution in [3.8, 4) is 11.5 Å². The molecule has 2 aromatic carbocycles. The molecule has 0 aromatic heterocycles. The summed E-state index contributed by atoms with van der Waals surface area (Å²) in [5.41, 5.74) is 3.09. The molecule has 0 fully saturated rings. The highest BCUT2D eigenvalue weighted by molar-refractivity contribution is 8.18. The highest BCUT2D eigenvalue weighted by Crippen LogP contribution is 2.51. The van der Waals surface area contributed by atoms with Crippen LogP contribution in [0.4, 0.5) is 0 Å². The van der Waals surface area contributed by atoms with E-state index in [2.05, 4.69) is 126 Å². The van der Waals surface area contributed by atoms with E-state index in [0.717, 1.165) is 37.8 Å². The largest absolute Gasteiger partial charge is 0.507 e. The average molecular weight is 650 g/mol. The van der Waals surface area contributed by atoms with E-state index in [9.17, 15) is 15.2 Å². The van der Waals surface area contributed by atoms with Gasteiger partial charge < -0.3 is 14.6 Å². The van der Waals surface area contributed by atoms with Crippen LogP contribution >= 0.6 is 23.5 Å². The minimum absolute atomic E-state index is 0.167. The number of nitrogens with zero attached hydrogens (tertiary/aromatic N) is 1. The molecule has 7 nitrogen and oxygen atoms in total. The first-order valence-corrected chi connectivity index (χ1v) is 16.9. The topological polar surface area (TPSA) is 91.1 Å².